The fourth-order valence-corrected chi connectivity index (χ4v) is 2.32. The quantitative estimate of drug-likeness (QED) is 0.898. The second kappa shape index (κ2) is 7.38. The summed E-state index contributed by atoms with van der Waals surface area (Å²) in [6.07, 6.45) is 0. The predicted molar refractivity (Wildman–Crippen MR) is 99.0 cm³/mol. The lowest BCUT2D eigenvalue weighted by Gasteiger charge is -2.19. The topological polar surface area (TPSA) is 69.6 Å². The molecule has 5 heteroatoms. The van der Waals surface area contributed by atoms with Crippen LogP contribution in [0.5, 0.6) is 5.75 Å². The number of hydrogen-bond acceptors (Lipinski definition) is 3. The number of phenolic OH excluding ortho intramolecular Hbond substituents is 1. The van der Waals surface area contributed by atoms with E-state index in [1.807, 2.05) is 12.1 Å². The highest BCUT2D eigenvalue weighted by molar-refractivity contribution is 6.00. The van der Waals surface area contributed by atoms with Gasteiger partial charge in [0.1, 0.15) is 5.75 Å². The highest BCUT2D eigenvalue weighted by Gasteiger charge is 2.16. The third-order valence-corrected chi connectivity index (χ3v) is 4.02. The number of carbonyl (C=O) groups is 2. The Bertz CT molecular complexity index is 744. The summed E-state index contributed by atoms with van der Waals surface area (Å²) in [5.41, 5.74) is 2.34. The molecule has 0 aliphatic carbocycles. The van der Waals surface area contributed by atoms with Crippen LogP contribution in [-0.4, -0.2) is 30.5 Å². The second-order valence-corrected chi connectivity index (χ2v) is 6.98. The molecular weight excluding hydrogens is 316 g/mol. The molecule has 0 unspecified atom stereocenters. The highest BCUT2D eigenvalue weighted by Crippen LogP contribution is 2.22. The molecule has 0 spiro atoms. The largest absolute Gasteiger partial charge is 0.508 e. The summed E-state index contributed by atoms with van der Waals surface area (Å²) in [6, 6.07) is 13.7. The van der Waals surface area contributed by atoms with Gasteiger partial charge in [0, 0.05) is 18.3 Å². The molecule has 2 aromatic rings. The minimum Gasteiger partial charge on any atom is -0.508 e. The van der Waals surface area contributed by atoms with Crippen molar-refractivity contribution in [3.05, 3.63) is 59.7 Å². The van der Waals surface area contributed by atoms with Crippen molar-refractivity contribution in [1.29, 1.82) is 0 Å². The fraction of sp³-hybridized carbons (Fsp3) is 0.300. The molecule has 0 aromatic heterocycles. The van der Waals surface area contributed by atoms with Crippen LogP contribution >= 0.6 is 0 Å². The van der Waals surface area contributed by atoms with Crippen molar-refractivity contribution < 1.29 is 14.7 Å². The van der Waals surface area contributed by atoms with E-state index in [1.54, 1.807) is 31.3 Å². The van der Waals surface area contributed by atoms with E-state index in [0.717, 1.165) is 5.56 Å². The van der Waals surface area contributed by atoms with Crippen molar-refractivity contribution in [3.63, 3.8) is 0 Å². The number of nitrogens with zero attached hydrogens (tertiary/aromatic N) is 1. The summed E-state index contributed by atoms with van der Waals surface area (Å²) in [4.78, 5) is 25.8. The molecule has 5 nitrogen and oxygen atoms in total. The lowest BCUT2D eigenvalue weighted by molar-refractivity contribution is -0.117. The third kappa shape index (κ3) is 4.83. The number of phenols is 1. The van der Waals surface area contributed by atoms with E-state index in [4.69, 9.17) is 0 Å². The molecule has 0 aliphatic heterocycles. The van der Waals surface area contributed by atoms with Gasteiger partial charge in [-0.1, -0.05) is 32.9 Å². The van der Waals surface area contributed by atoms with E-state index in [-0.39, 0.29) is 29.5 Å². The first-order chi connectivity index (χ1) is 11.7. The Balaban J connectivity index is 1.94. The van der Waals surface area contributed by atoms with Crippen molar-refractivity contribution in [2.75, 3.05) is 18.5 Å². The van der Waals surface area contributed by atoms with E-state index in [2.05, 4.69) is 26.1 Å². The van der Waals surface area contributed by atoms with Crippen LogP contribution in [0.4, 0.5) is 5.69 Å². The molecule has 0 aliphatic rings. The monoisotopic (exact) mass is 340 g/mol. The number of likely N-dealkylation sites (N-methyl/N-ethyl adjacent to an activating group) is 1. The van der Waals surface area contributed by atoms with E-state index in [9.17, 15) is 14.7 Å². The zero-order chi connectivity index (χ0) is 18.6. The molecule has 0 radical (unpaired) electrons. The third-order valence-electron chi connectivity index (χ3n) is 4.02. The maximum atomic E-state index is 12.2. The molecule has 0 fully saturated rings. The summed E-state index contributed by atoms with van der Waals surface area (Å²) in [5.74, 6) is -0.394. The Labute approximate surface area is 148 Å². The molecule has 0 bridgehead atoms. The molecule has 0 atom stereocenters. The molecule has 0 heterocycles. The maximum absolute atomic E-state index is 12.2. The van der Waals surface area contributed by atoms with Gasteiger partial charge in [-0.3, -0.25) is 9.59 Å². The minimum absolute atomic E-state index is 0.0256. The van der Waals surface area contributed by atoms with Crippen molar-refractivity contribution in [3.8, 4) is 5.75 Å². The number of hydrogen-bond donors (Lipinski definition) is 2. The van der Waals surface area contributed by atoms with Crippen LogP contribution in [-0.2, 0) is 10.2 Å². The molecule has 132 valence electrons. The first kappa shape index (κ1) is 18.5. The van der Waals surface area contributed by atoms with E-state index in [1.165, 1.54) is 17.0 Å². The van der Waals surface area contributed by atoms with Gasteiger partial charge >= 0.3 is 0 Å². The van der Waals surface area contributed by atoms with Gasteiger partial charge in [0.25, 0.3) is 5.91 Å². The van der Waals surface area contributed by atoms with Gasteiger partial charge < -0.3 is 15.3 Å². The van der Waals surface area contributed by atoms with Crippen molar-refractivity contribution >= 4 is 17.5 Å². The number of amides is 2. The summed E-state index contributed by atoms with van der Waals surface area (Å²) in [7, 11) is 1.62. The first-order valence-corrected chi connectivity index (χ1v) is 8.13. The summed E-state index contributed by atoms with van der Waals surface area (Å²) in [5, 5.41) is 11.9. The average Bonchev–Trinajstić information content (AvgIpc) is 2.58. The minimum atomic E-state index is -0.284. The lowest BCUT2D eigenvalue weighted by Crippen LogP contribution is -2.38. The predicted octanol–water partition coefficient (Wildman–Crippen LogP) is 3.08. The van der Waals surface area contributed by atoms with Crippen LogP contribution in [0, 0.1) is 0 Å². The van der Waals surface area contributed by atoms with E-state index < -0.39 is 0 Å². The Hall–Kier alpha value is -2.82. The van der Waals surface area contributed by atoms with Gasteiger partial charge in [-0.15, -0.1) is 0 Å². The fourth-order valence-electron chi connectivity index (χ4n) is 2.32. The number of aromatic hydroxyl groups is 1. The lowest BCUT2D eigenvalue weighted by atomic mass is 9.87. The Kier molecular flexibility index (Phi) is 5.47. The second-order valence-electron chi connectivity index (χ2n) is 6.98. The molecule has 2 amide bonds. The molecule has 2 rings (SSSR count). The van der Waals surface area contributed by atoms with E-state index in [0.29, 0.717) is 11.3 Å². The van der Waals surface area contributed by atoms with Gasteiger partial charge in [-0.2, -0.15) is 0 Å². The molecular formula is C20H24N2O3. The molecule has 0 saturated heterocycles. The van der Waals surface area contributed by atoms with E-state index >= 15 is 0 Å². The van der Waals surface area contributed by atoms with Crippen LogP contribution in [0.2, 0.25) is 0 Å². The SMILES string of the molecule is CN(C(=O)CNC(=O)c1ccc(C(C)(C)C)cc1)c1ccc(O)cc1. The zero-order valence-corrected chi connectivity index (χ0v) is 15.0. The normalized spacial score (nSPS) is 11.0. The first-order valence-electron chi connectivity index (χ1n) is 8.13. The summed E-state index contributed by atoms with van der Waals surface area (Å²) in [6.45, 7) is 6.23. The maximum Gasteiger partial charge on any atom is 0.251 e. The zero-order valence-electron chi connectivity index (χ0n) is 15.0. The summed E-state index contributed by atoms with van der Waals surface area (Å²) < 4.78 is 0. The number of carbonyl (C=O) groups excluding carboxylic acids is 2. The van der Waals surface area contributed by atoms with Crippen molar-refractivity contribution in [2.45, 2.75) is 26.2 Å². The number of rotatable bonds is 4. The Morgan fingerprint density at radius 1 is 1.00 bits per heavy atom. The average molecular weight is 340 g/mol. The van der Waals surface area contributed by atoms with Crippen LogP contribution < -0.4 is 10.2 Å². The summed E-state index contributed by atoms with van der Waals surface area (Å²) >= 11 is 0. The van der Waals surface area contributed by atoms with Gasteiger partial charge in [0.15, 0.2) is 0 Å². The van der Waals surface area contributed by atoms with Gasteiger partial charge in [0.05, 0.1) is 6.54 Å². The smallest absolute Gasteiger partial charge is 0.251 e. The van der Waals surface area contributed by atoms with Crippen LogP contribution in [0.3, 0.4) is 0 Å². The Morgan fingerprint density at radius 2 is 1.56 bits per heavy atom. The molecule has 0 saturated carbocycles. The van der Waals surface area contributed by atoms with Crippen LogP contribution in [0.1, 0.15) is 36.7 Å². The molecule has 2 N–H and O–H groups in total. The Morgan fingerprint density at radius 3 is 2.08 bits per heavy atom. The van der Waals surface area contributed by atoms with Gasteiger partial charge in [0.2, 0.25) is 5.91 Å². The standard InChI is InChI=1S/C20H24N2O3/c1-20(2,3)15-7-5-14(6-8-15)19(25)21-13-18(24)22(4)16-9-11-17(23)12-10-16/h5-12,23H,13H2,1-4H3,(H,21,25). The van der Waals surface area contributed by atoms with Crippen molar-refractivity contribution in [1.82, 2.24) is 5.32 Å². The highest BCUT2D eigenvalue weighted by atomic mass is 16.3. The number of nitrogens with one attached hydrogen (secondary N) is 1. The van der Waals surface area contributed by atoms with Crippen molar-refractivity contribution in [2.24, 2.45) is 0 Å². The van der Waals surface area contributed by atoms with Gasteiger partial charge in [-0.05, 0) is 47.4 Å². The van der Waals surface area contributed by atoms with Crippen LogP contribution in [0.25, 0.3) is 0 Å². The molecule has 25 heavy (non-hydrogen) atoms. The van der Waals surface area contributed by atoms with Gasteiger partial charge in [-0.25, -0.2) is 0 Å². The number of anilines is 1. The van der Waals surface area contributed by atoms with Crippen LogP contribution in [0.15, 0.2) is 48.5 Å². The molecule has 2 aromatic carbocycles. The number of benzene rings is 2.